The molecule has 0 spiro atoms. The number of carbonyl (C=O) groups excluding carboxylic acids is 2. The van der Waals surface area contributed by atoms with Gasteiger partial charge in [0.15, 0.2) is 0 Å². The molecule has 2 aliphatic carbocycles. The number of hydrogen-bond donors (Lipinski definition) is 3. The summed E-state index contributed by atoms with van der Waals surface area (Å²) in [6.07, 6.45) is 3.16. The van der Waals surface area contributed by atoms with Crippen molar-refractivity contribution in [2.24, 2.45) is 5.92 Å². The minimum Gasteiger partial charge on any atom is -0.480 e. The van der Waals surface area contributed by atoms with Gasteiger partial charge in [0.2, 0.25) is 5.91 Å². The Morgan fingerprint density at radius 2 is 1.63 bits per heavy atom. The first-order chi connectivity index (χ1) is 16.8. The number of alkyl carbamates (subject to hydrolysis) is 1. The Hall–Kier alpha value is -3.61. The van der Waals surface area contributed by atoms with Crippen LogP contribution in [0.3, 0.4) is 0 Å². The van der Waals surface area contributed by atoms with E-state index in [2.05, 4.69) is 34.9 Å². The highest BCUT2D eigenvalue weighted by atomic mass is 16.5. The van der Waals surface area contributed by atoms with E-state index in [0.29, 0.717) is 37.2 Å². The van der Waals surface area contributed by atoms with Crippen LogP contribution in [0.15, 0.2) is 60.2 Å². The molecule has 0 bridgehead atoms. The number of ether oxygens (including phenoxy) is 1. The van der Waals surface area contributed by atoms with Gasteiger partial charge in [0.05, 0.1) is 0 Å². The van der Waals surface area contributed by atoms with Gasteiger partial charge in [-0.05, 0) is 53.9 Å². The Labute approximate surface area is 205 Å². The molecule has 2 aliphatic rings. The van der Waals surface area contributed by atoms with Gasteiger partial charge in [-0.25, -0.2) is 9.59 Å². The summed E-state index contributed by atoms with van der Waals surface area (Å²) in [5.41, 5.74) is 5.12. The standard InChI is InChI=1S/C28H32N2O5/c1-17(2)11-14-25(27(32)33)30-26(31)18-12-13-19(15-18)29-28(34)35-16-24-22-9-5-3-7-20(22)21-8-4-6-10-23(21)24/h3-10,12,17,19,24-25H,11,13-16H2,1-2H3,(H,29,34)(H,30,31)(H,32,33). The molecule has 0 fully saturated rings. The van der Waals surface area contributed by atoms with Gasteiger partial charge in [0.25, 0.3) is 0 Å². The first-order valence-corrected chi connectivity index (χ1v) is 12.2. The van der Waals surface area contributed by atoms with Crippen molar-refractivity contribution >= 4 is 18.0 Å². The number of carboxylic acid groups (broad SMARTS) is 1. The van der Waals surface area contributed by atoms with Crippen LogP contribution in [0.5, 0.6) is 0 Å². The molecule has 7 heteroatoms. The summed E-state index contributed by atoms with van der Waals surface area (Å²) in [5, 5.41) is 14.9. The van der Waals surface area contributed by atoms with Crippen LogP contribution in [-0.4, -0.2) is 41.8 Å². The molecule has 0 heterocycles. The average Bonchev–Trinajstić information content (AvgIpc) is 3.43. The maximum Gasteiger partial charge on any atom is 0.407 e. The summed E-state index contributed by atoms with van der Waals surface area (Å²) >= 11 is 0. The number of carbonyl (C=O) groups is 3. The molecular weight excluding hydrogens is 444 g/mol. The van der Waals surface area contributed by atoms with E-state index in [1.807, 2.05) is 38.1 Å². The van der Waals surface area contributed by atoms with Crippen molar-refractivity contribution in [2.45, 2.75) is 57.5 Å². The highest BCUT2D eigenvalue weighted by Crippen LogP contribution is 2.44. The van der Waals surface area contributed by atoms with Crippen molar-refractivity contribution < 1.29 is 24.2 Å². The predicted octanol–water partition coefficient (Wildman–Crippen LogP) is 4.62. The van der Waals surface area contributed by atoms with Gasteiger partial charge < -0.3 is 20.5 Å². The SMILES string of the molecule is CC(C)CCC(NC(=O)C1=CCC(NC(=O)OCC2c3ccccc3-c3ccccc32)C1)C(=O)O. The fraction of sp³-hybridized carbons (Fsp3) is 0.393. The summed E-state index contributed by atoms with van der Waals surface area (Å²) in [5.74, 6) is -1.09. The third-order valence-corrected chi connectivity index (χ3v) is 6.71. The van der Waals surface area contributed by atoms with Gasteiger partial charge >= 0.3 is 12.1 Å². The van der Waals surface area contributed by atoms with E-state index in [4.69, 9.17) is 4.74 Å². The maximum atomic E-state index is 12.6. The van der Waals surface area contributed by atoms with Gasteiger partial charge in [-0.1, -0.05) is 68.5 Å². The Balaban J connectivity index is 1.28. The average molecular weight is 477 g/mol. The van der Waals surface area contributed by atoms with Gasteiger partial charge in [-0.2, -0.15) is 0 Å². The molecule has 2 unspecified atom stereocenters. The number of carboxylic acids is 1. The number of amides is 2. The molecule has 0 radical (unpaired) electrons. The quantitative estimate of drug-likeness (QED) is 0.490. The maximum absolute atomic E-state index is 12.6. The molecule has 2 amide bonds. The molecule has 7 nitrogen and oxygen atoms in total. The summed E-state index contributed by atoms with van der Waals surface area (Å²) in [6.45, 7) is 4.25. The van der Waals surface area contributed by atoms with Crippen molar-refractivity contribution in [3.05, 3.63) is 71.3 Å². The van der Waals surface area contributed by atoms with Crippen molar-refractivity contribution in [3.8, 4) is 11.1 Å². The molecule has 0 saturated heterocycles. The van der Waals surface area contributed by atoms with E-state index in [-0.39, 0.29) is 18.6 Å². The zero-order valence-electron chi connectivity index (χ0n) is 20.1. The lowest BCUT2D eigenvalue weighted by atomic mass is 9.98. The Kier molecular flexibility index (Phi) is 7.54. The summed E-state index contributed by atoms with van der Waals surface area (Å²) in [7, 11) is 0. The zero-order chi connectivity index (χ0) is 24.9. The van der Waals surface area contributed by atoms with E-state index < -0.39 is 24.0 Å². The number of fused-ring (bicyclic) bond motifs is 3. The highest BCUT2D eigenvalue weighted by Gasteiger charge is 2.30. The third kappa shape index (κ3) is 5.73. The lowest BCUT2D eigenvalue weighted by Gasteiger charge is -2.18. The number of rotatable bonds is 9. The molecule has 0 aliphatic heterocycles. The molecule has 2 aromatic carbocycles. The molecule has 3 N–H and O–H groups in total. The van der Waals surface area contributed by atoms with Crippen LogP contribution >= 0.6 is 0 Å². The fourth-order valence-corrected chi connectivity index (χ4v) is 4.83. The highest BCUT2D eigenvalue weighted by molar-refractivity contribution is 5.96. The van der Waals surface area contributed by atoms with Crippen molar-refractivity contribution in [1.82, 2.24) is 10.6 Å². The Bertz CT molecular complexity index is 1090. The van der Waals surface area contributed by atoms with Gasteiger partial charge in [-0.15, -0.1) is 0 Å². The number of nitrogens with one attached hydrogen (secondary N) is 2. The minimum atomic E-state index is -1.04. The second-order valence-electron chi connectivity index (χ2n) is 9.67. The van der Waals surface area contributed by atoms with Crippen molar-refractivity contribution in [3.63, 3.8) is 0 Å². The normalized spacial score (nSPS) is 17.3. The lowest BCUT2D eigenvalue weighted by Crippen LogP contribution is -2.42. The molecule has 0 saturated carbocycles. The molecular formula is C28H32N2O5. The Morgan fingerprint density at radius 3 is 2.23 bits per heavy atom. The van der Waals surface area contributed by atoms with E-state index >= 15 is 0 Å². The zero-order valence-corrected chi connectivity index (χ0v) is 20.1. The van der Waals surface area contributed by atoms with Gasteiger partial charge in [-0.3, -0.25) is 4.79 Å². The summed E-state index contributed by atoms with van der Waals surface area (Å²) in [4.78, 5) is 36.6. The summed E-state index contributed by atoms with van der Waals surface area (Å²) < 4.78 is 5.60. The summed E-state index contributed by atoms with van der Waals surface area (Å²) in [6, 6.07) is 15.1. The van der Waals surface area contributed by atoms with Crippen LogP contribution in [0.1, 0.15) is 56.6 Å². The minimum absolute atomic E-state index is 0.0185. The molecule has 2 aromatic rings. The Morgan fingerprint density at radius 1 is 1.00 bits per heavy atom. The van der Waals surface area contributed by atoms with E-state index in [1.165, 1.54) is 11.1 Å². The van der Waals surface area contributed by atoms with Gasteiger partial charge in [0, 0.05) is 17.5 Å². The smallest absolute Gasteiger partial charge is 0.407 e. The van der Waals surface area contributed by atoms with Crippen LogP contribution in [0.25, 0.3) is 11.1 Å². The van der Waals surface area contributed by atoms with Crippen LogP contribution < -0.4 is 10.6 Å². The van der Waals surface area contributed by atoms with E-state index in [9.17, 15) is 19.5 Å². The van der Waals surface area contributed by atoms with Crippen LogP contribution in [0.2, 0.25) is 0 Å². The third-order valence-electron chi connectivity index (χ3n) is 6.71. The molecule has 0 aromatic heterocycles. The fourth-order valence-electron chi connectivity index (χ4n) is 4.83. The van der Waals surface area contributed by atoms with Gasteiger partial charge in [0.1, 0.15) is 12.6 Å². The number of benzene rings is 2. The number of aliphatic carboxylic acids is 1. The predicted molar refractivity (Wildman–Crippen MR) is 133 cm³/mol. The topological polar surface area (TPSA) is 105 Å². The van der Waals surface area contributed by atoms with E-state index in [0.717, 1.165) is 11.1 Å². The van der Waals surface area contributed by atoms with Crippen LogP contribution in [0, 0.1) is 5.92 Å². The molecule has 4 rings (SSSR count). The van der Waals surface area contributed by atoms with Crippen LogP contribution in [0.4, 0.5) is 4.79 Å². The lowest BCUT2D eigenvalue weighted by molar-refractivity contribution is -0.141. The first-order valence-electron chi connectivity index (χ1n) is 12.2. The molecule has 184 valence electrons. The molecule has 2 atom stereocenters. The second kappa shape index (κ2) is 10.8. The van der Waals surface area contributed by atoms with Crippen LogP contribution in [-0.2, 0) is 14.3 Å². The largest absolute Gasteiger partial charge is 0.480 e. The number of hydrogen-bond acceptors (Lipinski definition) is 4. The van der Waals surface area contributed by atoms with Crippen molar-refractivity contribution in [1.29, 1.82) is 0 Å². The first kappa shape index (κ1) is 24.5. The van der Waals surface area contributed by atoms with E-state index in [1.54, 1.807) is 6.08 Å². The molecule has 35 heavy (non-hydrogen) atoms. The monoisotopic (exact) mass is 476 g/mol. The second-order valence-corrected chi connectivity index (χ2v) is 9.67. The van der Waals surface area contributed by atoms with Crippen molar-refractivity contribution in [2.75, 3.05) is 6.61 Å².